The van der Waals surface area contributed by atoms with Crippen molar-refractivity contribution in [3.63, 3.8) is 0 Å². The first-order valence-corrected chi connectivity index (χ1v) is 6.32. The maximum atomic E-state index is 11.4. The predicted molar refractivity (Wildman–Crippen MR) is 65.7 cm³/mol. The summed E-state index contributed by atoms with van der Waals surface area (Å²) in [5.41, 5.74) is 5.78. The Balaban J connectivity index is 2.37. The Hall–Kier alpha value is -0.650. The summed E-state index contributed by atoms with van der Waals surface area (Å²) in [4.78, 5) is 13.8. The van der Waals surface area contributed by atoms with E-state index in [0.717, 1.165) is 13.1 Å². The number of nitrogens with zero attached hydrogens (tertiary/aromatic N) is 1. The summed E-state index contributed by atoms with van der Waals surface area (Å²) in [5, 5.41) is 0. The molecular weight excluding hydrogens is 220 g/mol. The van der Waals surface area contributed by atoms with Crippen LogP contribution < -0.4 is 5.73 Å². The molecule has 5 heteroatoms. The molecule has 1 heterocycles. The van der Waals surface area contributed by atoms with E-state index in [0.29, 0.717) is 25.7 Å². The maximum absolute atomic E-state index is 11.4. The molecule has 1 fully saturated rings. The molecule has 2 unspecified atom stereocenters. The van der Waals surface area contributed by atoms with Crippen molar-refractivity contribution in [3.8, 4) is 0 Å². The van der Waals surface area contributed by atoms with Crippen LogP contribution in [0.4, 0.5) is 0 Å². The average Bonchev–Trinajstić information content (AvgIpc) is 2.29. The third kappa shape index (κ3) is 4.61. The number of morpholine rings is 1. The summed E-state index contributed by atoms with van der Waals surface area (Å²) in [6.07, 6.45) is 0.563. The van der Waals surface area contributed by atoms with Crippen LogP contribution in [-0.2, 0) is 14.3 Å². The first-order chi connectivity index (χ1) is 8.04. The molecule has 0 radical (unpaired) electrons. The first-order valence-electron chi connectivity index (χ1n) is 6.32. The van der Waals surface area contributed by atoms with Gasteiger partial charge >= 0.3 is 5.97 Å². The van der Waals surface area contributed by atoms with E-state index in [1.54, 1.807) is 6.92 Å². The lowest BCUT2D eigenvalue weighted by molar-refractivity contribution is -0.146. The van der Waals surface area contributed by atoms with Crippen molar-refractivity contribution in [1.29, 1.82) is 0 Å². The van der Waals surface area contributed by atoms with Crippen molar-refractivity contribution in [2.24, 2.45) is 5.73 Å². The first kappa shape index (κ1) is 14.4. The fraction of sp³-hybridized carbons (Fsp3) is 0.917. The van der Waals surface area contributed by atoms with E-state index in [9.17, 15) is 4.79 Å². The maximum Gasteiger partial charge on any atom is 0.322 e. The lowest BCUT2D eigenvalue weighted by Gasteiger charge is -2.36. The topological polar surface area (TPSA) is 64.8 Å². The van der Waals surface area contributed by atoms with Crippen LogP contribution in [-0.4, -0.2) is 55.4 Å². The standard InChI is InChI=1S/C12H24N2O3/c1-4-16-12(15)11(13)7-10-8-14(9(2)3)5-6-17-10/h9-11H,4-8,13H2,1-3H3. The summed E-state index contributed by atoms with van der Waals surface area (Å²) in [7, 11) is 0. The van der Waals surface area contributed by atoms with Gasteiger partial charge in [-0.25, -0.2) is 0 Å². The minimum atomic E-state index is -0.577. The number of esters is 1. The van der Waals surface area contributed by atoms with Crippen LogP contribution in [0.25, 0.3) is 0 Å². The smallest absolute Gasteiger partial charge is 0.322 e. The molecule has 2 N–H and O–H groups in total. The quantitative estimate of drug-likeness (QED) is 0.708. The molecule has 0 aliphatic carbocycles. The molecule has 1 rings (SSSR count). The van der Waals surface area contributed by atoms with E-state index in [1.807, 2.05) is 0 Å². The van der Waals surface area contributed by atoms with Crippen LogP contribution in [0.5, 0.6) is 0 Å². The van der Waals surface area contributed by atoms with Crippen LogP contribution in [0.1, 0.15) is 27.2 Å². The third-order valence-corrected chi connectivity index (χ3v) is 3.01. The second-order valence-corrected chi connectivity index (χ2v) is 4.68. The highest BCUT2D eigenvalue weighted by Crippen LogP contribution is 2.13. The lowest BCUT2D eigenvalue weighted by atomic mass is 10.1. The van der Waals surface area contributed by atoms with Crippen molar-refractivity contribution in [1.82, 2.24) is 4.90 Å². The van der Waals surface area contributed by atoms with Gasteiger partial charge in [0.05, 0.1) is 19.3 Å². The minimum Gasteiger partial charge on any atom is -0.465 e. The zero-order valence-corrected chi connectivity index (χ0v) is 11.0. The van der Waals surface area contributed by atoms with E-state index >= 15 is 0 Å². The number of carbonyl (C=O) groups is 1. The molecular formula is C12H24N2O3. The molecule has 0 aromatic rings. The van der Waals surface area contributed by atoms with Crippen molar-refractivity contribution in [3.05, 3.63) is 0 Å². The summed E-state index contributed by atoms with van der Waals surface area (Å²) in [6, 6.07) is -0.0766. The highest BCUT2D eigenvalue weighted by atomic mass is 16.5. The molecule has 1 aliphatic rings. The van der Waals surface area contributed by atoms with Crippen molar-refractivity contribution < 1.29 is 14.3 Å². The SMILES string of the molecule is CCOC(=O)C(N)CC1CN(C(C)C)CCO1. The van der Waals surface area contributed by atoms with Gasteiger partial charge in [0.2, 0.25) is 0 Å². The molecule has 5 nitrogen and oxygen atoms in total. The normalized spacial score (nSPS) is 23.7. The van der Waals surface area contributed by atoms with Gasteiger partial charge in [0, 0.05) is 25.6 Å². The Morgan fingerprint density at radius 1 is 1.59 bits per heavy atom. The third-order valence-electron chi connectivity index (χ3n) is 3.01. The number of rotatable bonds is 5. The molecule has 0 aromatic heterocycles. The number of hydrogen-bond acceptors (Lipinski definition) is 5. The Morgan fingerprint density at radius 3 is 2.88 bits per heavy atom. The van der Waals surface area contributed by atoms with Crippen LogP contribution in [0.15, 0.2) is 0 Å². The molecule has 1 aliphatic heterocycles. The van der Waals surface area contributed by atoms with Gasteiger partial charge in [-0.3, -0.25) is 9.69 Å². The van der Waals surface area contributed by atoms with E-state index in [1.165, 1.54) is 0 Å². The molecule has 1 saturated heterocycles. The minimum absolute atomic E-state index is 0.0329. The van der Waals surface area contributed by atoms with Crippen LogP contribution in [0.2, 0.25) is 0 Å². The number of carbonyl (C=O) groups excluding carboxylic acids is 1. The predicted octanol–water partition coefficient (Wildman–Crippen LogP) is 0.376. The van der Waals surface area contributed by atoms with Gasteiger partial charge in [0.1, 0.15) is 6.04 Å². The van der Waals surface area contributed by atoms with Crippen LogP contribution >= 0.6 is 0 Å². The Morgan fingerprint density at radius 2 is 2.29 bits per heavy atom. The van der Waals surface area contributed by atoms with Crippen molar-refractivity contribution in [2.75, 3.05) is 26.3 Å². The molecule has 0 bridgehead atoms. The molecule has 17 heavy (non-hydrogen) atoms. The summed E-state index contributed by atoms with van der Waals surface area (Å²) in [6.45, 7) is 8.96. The van der Waals surface area contributed by atoms with Crippen LogP contribution in [0, 0.1) is 0 Å². The highest BCUT2D eigenvalue weighted by molar-refractivity contribution is 5.75. The van der Waals surface area contributed by atoms with Gasteiger partial charge in [0.25, 0.3) is 0 Å². The van der Waals surface area contributed by atoms with Gasteiger partial charge in [-0.1, -0.05) is 0 Å². The highest BCUT2D eigenvalue weighted by Gasteiger charge is 2.26. The number of nitrogens with two attached hydrogens (primary N) is 1. The number of hydrogen-bond donors (Lipinski definition) is 1. The Kier molecular flexibility index (Phi) is 5.88. The van der Waals surface area contributed by atoms with Gasteiger partial charge in [-0.05, 0) is 20.8 Å². The van der Waals surface area contributed by atoms with Crippen molar-refractivity contribution in [2.45, 2.75) is 45.4 Å². The summed E-state index contributed by atoms with van der Waals surface area (Å²) >= 11 is 0. The van der Waals surface area contributed by atoms with E-state index in [-0.39, 0.29) is 12.1 Å². The van der Waals surface area contributed by atoms with Crippen molar-refractivity contribution >= 4 is 5.97 Å². The molecule has 100 valence electrons. The molecule has 2 atom stereocenters. The molecule has 0 amide bonds. The fourth-order valence-electron chi connectivity index (χ4n) is 1.98. The zero-order chi connectivity index (χ0) is 12.8. The van der Waals surface area contributed by atoms with Gasteiger partial charge in [-0.15, -0.1) is 0 Å². The van der Waals surface area contributed by atoms with E-state index in [2.05, 4.69) is 18.7 Å². The van der Waals surface area contributed by atoms with Gasteiger partial charge < -0.3 is 15.2 Å². The Labute approximate surface area is 103 Å². The van der Waals surface area contributed by atoms with Crippen LogP contribution in [0.3, 0.4) is 0 Å². The second kappa shape index (κ2) is 6.93. The number of ether oxygens (including phenoxy) is 2. The van der Waals surface area contributed by atoms with Gasteiger partial charge in [-0.2, -0.15) is 0 Å². The fourth-order valence-corrected chi connectivity index (χ4v) is 1.98. The Bertz CT molecular complexity index is 246. The monoisotopic (exact) mass is 244 g/mol. The largest absolute Gasteiger partial charge is 0.465 e. The van der Waals surface area contributed by atoms with E-state index in [4.69, 9.17) is 15.2 Å². The molecule has 0 aromatic carbocycles. The molecule has 0 spiro atoms. The average molecular weight is 244 g/mol. The zero-order valence-electron chi connectivity index (χ0n) is 11.0. The molecule has 0 saturated carbocycles. The van der Waals surface area contributed by atoms with E-state index < -0.39 is 6.04 Å². The summed E-state index contributed by atoms with van der Waals surface area (Å²) in [5.74, 6) is -0.335. The second-order valence-electron chi connectivity index (χ2n) is 4.68. The summed E-state index contributed by atoms with van der Waals surface area (Å²) < 4.78 is 10.5. The van der Waals surface area contributed by atoms with Gasteiger partial charge in [0.15, 0.2) is 0 Å². The lowest BCUT2D eigenvalue weighted by Crippen LogP contribution is -2.48.